The van der Waals surface area contributed by atoms with Gasteiger partial charge in [0.1, 0.15) is 22.8 Å². The van der Waals surface area contributed by atoms with E-state index in [4.69, 9.17) is 4.89 Å². The van der Waals surface area contributed by atoms with Gasteiger partial charge in [-0.2, -0.15) is 0 Å². The molecule has 0 spiro atoms. The molecule has 0 aliphatic heterocycles. The zero-order chi connectivity index (χ0) is 15.4. The first-order chi connectivity index (χ1) is 7.41. The zero-order valence-corrected chi connectivity index (χ0v) is 14.9. The molecule has 0 saturated carbocycles. The Labute approximate surface area is 121 Å². The average molecular weight is 401 g/mol. The molecule has 0 bridgehead atoms. The number of hydrogen-bond acceptors (Lipinski definition) is 9. The molecular weight excluding hydrogens is 388 g/mol. The van der Waals surface area contributed by atoms with E-state index in [1.807, 2.05) is 0 Å². The summed E-state index contributed by atoms with van der Waals surface area (Å²) < 4.78 is 47.8. The van der Waals surface area contributed by atoms with Crippen molar-refractivity contribution in [3.8, 4) is 0 Å². The van der Waals surface area contributed by atoms with Crippen LogP contribution in [-0.2, 0) is 44.0 Å². The van der Waals surface area contributed by atoms with E-state index in [1.165, 1.54) is 0 Å². The van der Waals surface area contributed by atoms with Crippen LogP contribution in [0.3, 0.4) is 0 Å². The van der Waals surface area contributed by atoms with Crippen molar-refractivity contribution in [2.24, 2.45) is 0 Å². The third-order valence-electron chi connectivity index (χ3n) is 0.596. The number of hydrogen-bond donors (Lipinski definition) is 1. The molecule has 19 heavy (non-hydrogen) atoms. The Balaban J connectivity index is -0.000000256. The van der Waals surface area contributed by atoms with E-state index < -0.39 is 30.4 Å². The molecule has 0 saturated heterocycles. The summed E-state index contributed by atoms with van der Waals surface area (Å²) in [5.74, 6) is 0. The van der Waals surface area contributed by atoms with Gasteiger partial charge in [-0.05, 0) is 0 Å². The monoisotopic (exact) mass is 401 g/mol. The van der Waals surface area contributed by atoms with Crippen LogP contribution in [0.5, 0.6) is 0 Å². The molecule has 0 aliphatic carbocycles. The summed E-state index contributed by atoms with van der Waals surface area (Å²) >= 11 is 0. The first kappa shape index (κ1) is 25.2. The Morgan fingerprint density at radius 2 is 0.947 bits per heavy atom. The van der Waals surface area contributed by atoms with Crippen LogP contribution in [0.4, 0.5) is 0 Å². The van der Waals surface area contributed by atoms with Crippen LogP contribution < -0.4 is 14.7 Å². The minimum absolute atomic E-state index is 0. The van der Waals surface area contributed by atoms with Gasteiger partial charge in [0.15, 0.2) is 0 Å². The smallest absolute Gasteiger partial charge is 0.778 e. The molecule has 1 radical (unpaired) electrons. The van der Waals surface area contributed by atoms with Gasteiger partial charge in [0.05, 0.1) is 0 Å². The van der Waals surface area contributed by atoms with E-state index in [1.54, 1.807) is 0 Å². The fourth-order valence-corrected chi connectivity index (χ4v) is 4.90. The Morgan fingerprint density at radius 1 is 0.737 bits per heavy atom. The second-order valence-corrected chi connectivity index (χ2v) is 10.8. The first-order valence-electron chi connectivity index (χ1n) is 4.00. The summed E-state index contributed by atoms with van der Waals surface area (Å²) in [6, 6.07) is 0. The van der Waals surface area contributed by atoms with E-state index in [0.29, 0.717) is 13.3 Å². The van der Waals surface area contributed by atoms with Crippen LogP contribution in [0.15, 0.2) is 0 Å². The molecule has 4 atom stereocenters. The first-order valence-corrected chi connectivity index (χ1v) is 12.0. The van der Waals surface area contributed by atoms with Gasteiger partial charge in [0.2, 0.25) is 0 Å². The van der Waals surface area contributed by atoms with Crippen molar-refractivity contribution in [1.82, 2.24) is 0 Å². The standard InChI is InChI=1S/2C2H8O5P2.Fe/c2*1-8(3,4)7-9(2,5)6;/h2*1-2H3,(H,3,4)(H,5,6);/q;;+3/p-3. The molecule has 0 rings (SSSR count). The van der Waals surface area contributed by atoms with Gasteiger partial charge in [-0.3, -0.25) is 13.2 Å². The van der Waals surface area contributed by atoms with Crippen molar-refractivity contribution in [3.05, 3.63) is 0 Å². The van der Waals surface area contributed by atoms with Gasteiger partial charge in [-0.25, -0.2) is 0 Å². The predicted molar refractivity (Wildman–Crippen MR) is 58.5 cm³/mol. The van der Waals surface area contributed by atoms with E-state index >= 15 is 0 Å². The van der Waals surface area contributed by atoms with Crippen molar-refractivity contribution < 1.29 is 63.5 Å². The zero-order valence-electron chi connectivity index (χ0n) is 10.3. The fourth-order valence-electron chi connectivity index (χ4n) is 0.545. The average Bonchev–Trinajstić information content (AvgIpc) is 1.64. The van der Waals surface area contributed by atoms with Crippen LogP contribution >= 0.6 is 30.4 Å². The summed E-state index contributed by atoms with van der Waals surface area (Å²) in [6.45, 7) is 2.93. The molecule has 0 heterocycles. The molecule has 0 aromatic carbocycles. The number of rotatable bonds is 4. The molecule has 117 valence electrons. The Morgan fingerprint density at radius 3 is 0.947 bits per heavy atom. The molecule has 0 aromatic rings. The maximum Gasteiger partial charge on any atom is 3.00 e. The topological polar surface area (TPSA) is 176 Å². The van der Waals surface area contributed by atoms with Crippen molar-refractivity contribution in [3.63, 3.8) is 0 Å². The second kappa shape index (κ2) is 8.60. The Kier molecular flexibility index (Phi) is 11.4. The molecule has 0 amide bonds. The third-order valence-corrected chi connectivity index (χ3v) is 5.37. The largest absolute Gasteiger partial charge is 3.00 e. The molecule has 0 fully saturated rings. The van der Waals surface area contributed by atoms with Crippen LogP contribution in [0.25, 0.3) is 0 Å². The van der Waals surface area contributed by atoms with Gasteiger partial charge in [0.25, 0.3) is 0 Å². The van der Waals surface area contributed by atoms with Gasteiger partial charge in [0, 0.05) is 26.7 Å². The van der Waals surface area contributed by atoms with E-state index in [9.17, 15) is 32.9 Å². The van der Waals surface area contributed by atoms with Crippen LogP contribution in [0.2, 0.25) is 0 Å². The fraction of sp³-hybridized carbons (Fsp3) is 1.00. The Hall–Kier alpha value is 1.20. The summed E-state index contributed by atoms with van der Waals surface area (Å²) in [4.78, 5) is 38.6. The maximum atomic E-state index is 10.2. The quantitative estimate of drug-likeness (QED) is 0.471. The molecule has 0 aromatic heterocycles. The van der Waals surface area contributed by atoms with Gasteiger partial charge in [-0.15, -0.1) is 0 Å². The van der Waals surface area contributed by atoms with E-state index in [-0.39, 0.29) is 17.1 Å². The maximum absolute atomic E-state index is 10.2. The molecule has 1 N–H and O–H groups in total. The molecule has 15 heteroatoms. The molecule has 4 unspecified atom stereocenters. The summed E-state index contributed by atoms with van der Waals surface area (Å²) in [5, 5.41) is 0. The minimum atomic E-state index is -4.11. The van der Waals surface area contributed by atoms with Crippen molar-refractivity contribution in [2.75, 3.05) is 26.7 Å². The molecule has 10 nitrogen and oxygen atoms in total. The predicted octanol–water partition coefficient (Wildman–Crippen LogP) is -0.632. The van der Waals surface area contributed by atoms with Crippen LogP contribution in [0, 0.1) is 0 Å². The summed E-state index contributed by atoms with van der Waals surface area (Å²) in [7, 11) is -16.1. The molecular formula is C4H13FeO10P4. The van der Waals surface area contributed by atoms with Crippen LogP contribution in [0.1, 0.15) is 0 Å². The van der Waals surface area contributed by atoms with Crippen molar-refractivity contribution in [1.29, 1.82) is 0 Å². The van der Waals surface area contributed by atoms with Gasteiger partial charge < -0.3 is 33.3 Å². The van der Waals surface area contributed by atoms with Gasteiger partial charge in [-0.1, -0.05) is 0 Å². The summed E-state index contributed by atoms with van der Waals surface area (Å²) in [5.41, 5.74) is 0. The third kappa shape index (κ3) is 32.6. The Bertz CT molecular complexity index is 354. The van der Waals surface area contributed by atoms with E-state index in [0.717, 1.165) is 13.3 Å². The van der Waals surface area contributed by atoms with Gasteiger partial charge >= 0.3 is 24.7 Å². The normalized spacial score (nSPS) is 23.2. The second-order valence-electron chi connectivity index (χ2n) is 3.28. The molecule has 0 aliphatic rings. The SMILES string of the molecule is CP(=O)([O-])OP(C)(=O)O.CP(=O)([O-])OP(C)(=O)[O-].[Fe+3]. The van der Waals surface area contributed by atoms with Crippen LogP contribution in [-0.4, -0.2) is 31.6 Å². The van der Waals surface area contributed by atoms with Crippen molar-refractivity contribution in [2.45, 2.75) is 0 Å². The van der Waals surface area contributed by atoms with Crippen molar-refractivity contribution >= 4 is 30.4 Å². The van der Waals surface area contributed by atoms with E-state index in [2.05, 4.69) is 8.62 Å². The minimum Gasteiger partial charge on any atom is -0.778 e. The summed E-state index contributed by atoms with van der Waals surface area (Å²) in [6.07, 6.45) is 0.